The van der Waals surface area contributed by atoms with Crippen LogP contribution in [0, 0.1) is 0 Å². The Morgan fingerprint density at radius 1 is 0.955 bits per heavy atom. The molecule has 1 heterocycles. The van der Waals surface area contributed by atoms with Crippen LogP contribution in [0.2, 0.25) is 0 Å². The van der Waals surface area contributed by atoms with Gasteiger partial charge in [0.15, 0.2) is 6.29 Å². The Balaban J connectivity index is 1.62. The fourth-order valence-corrected chi connectivity index (χ4v) is 2.85. The van der Waals surface area contributed by atoms with Gasteiger partial charge in [0.1, 0.15) is 0 Å². The van der Waals surface area contributed by atoms with Crippen LogP contribution in [-0.2, 0) is 4.74 Å². The van der Waals surface area contributed by atoms with Gasteiger partial charge < -0.3 is 14.7 Å². The zero-order chi connectivity index (χ0) is 15.4. The smallest absolute Gasteiger partial charge is 0.181 e. The third-order valence-electron chi connectivity index (χ3n) is 4.29. The van der Waals surface area contributed by atoms with Gasteiger partial charge >= 0.3 is 0 Å². The highest BCUT2D eigenvalue weighted by molar-refractivity contribution is 5.63. The molecule has 1 atom stereocenters. The summed E-state index contributed by atoms with van der Waals surface area (Å²) in [6.07, 6.45) is 1.28. The largest absolute Gasteiger partial charge is 0.364 e. The number of piperidine rings is 1. The molecule has 0 aliphatic carbocycles. The van der Waals surface area contributed by atoms with Crippen molar-refractivity contribution in [2.75, 3.05) is 20.1 Å². The Morgan fingerprint density at radius 3 is 2.18 bits per heavy atom. The van der Waals surface area contributed by atoms with E-state index in [1.54, 1.807) is 0 Å². The maximum absolute atomic E-state index is 10.3. The van der Waals surface area contributed by atoms with Gasteiger partial charge in [-0.2, -0.15) is 0 Å². The highest BCUT2D eigenvalue weighted by atomic mass is 16.6. The van der Waals surface area contributed by atoms with Gasteiger partial charge in [-0.1, -0.05) is 54.6 Å². The molecule has 0 aromatic heterocycles. The molecular weight excluding hydrogens is 274 g/mol. The minimum Gasteiger partial charge on any atom is -0.364 e. The Hall–Kier alpha value is -1.68. The molecule has 0 amide bonds. The first kappa shape index (κ1) is 15.2. The lowest BCUT2D eigenvalue weighted by Gasteiger charge is -2.30. The second-order valence-electron chi connectivity index (χ2n) is 5.98. The number of aliphatic hydroxyl groups is 1. The van der Waals surface area contributed by atoms with E-state index in [9.17, 15) is 5.11 Å². The highest BCUT2D eigenvalue weighted by Crippen LogP contribution is 2.25. The summed E-state index contributed by atoms with van der Waals surface area (Å²) < 4.78 is 5.80. The van der Waals surface area contributed by atoms with Crippen molar-refractivity contribution in [3.8, 4) is 11.1 Å². The van der Waals surface area contributed by atoms with Crippen LogP contribution in [0.3, 0.4) is 0 Å². The summed E-state index contributed by atoms with van der Waals surface area (Å²) >= 11 is 0. The molecule has 0 spiro atoms. The lowest BCUT2D eigenvalue weighted by atomic mass is 10.0. The second-order valence-corrected chi connectivity index (χ2v) is 5.98. The number of hydrogen-bond donors (Lipinski definition) is 1. The molecule has 0 bridgehead atoms. The molecule has 0 radical (unpaired) electrons. The zero-order valence-corrected chi connectivity index (χ0v) is 13.0. The van der Waals surface area contributed by atoms with Gasteiger partial charge in [0, 0.05) is 18.7 Å². The van der Waals surface area contributed by atoms with Gasteiger partial charge in [-0.3, -0.25) is 0 Å². The number of nitrogens with zero attached hydrogens (tertiary/aromatic N) is 1. The molecule has 1 unspecified atom stereocenters. The predicted molar refractivity (Wildman–Crippen MR) is 88.4 cm³/mol. The van der Waals surface area contributed by atoms with Gasteiger partial charge in [-0.05, 0) is 31.0 Å². The summed E-state index contributed by atoms with van der Waals surface area (Å²) in [5.74, 6) is 0. The lowest BCUT2D eigenvalue weighted by molar-refractivity contribution is -0.150. The minimum absolute atomic E-state index is 0.153. The van der Waals surface area contributed by atoms with Gasteiger partial charge in [0.2, 0.25) is 0 Å². The zero-order valence-electron chi connectivity index (χ0n) is 13.0. The molecule has 116 valence electrons. The maximum Gasteiger partial charge on any atom is 0.181 e. The summed E-state index contributed by atoms with van der Waals surface area (Å²) in [6.45, 7) is 2.06. The molecule has 2 aromatic rings. The molecule has 3 nitrogen and oxygen atoms in total. The quantitative estimate of drug-likeness (QED) is 0.877. The van der Waals surface area contributed by atoms with Crippen LogP contribution in [0.1, 0.15) is 24.7 Å². The summed E-state index contributed by atoms with van der Waals surface area (Å²) in [5.41, 5.74) is 3.15. The fraction of sp³-hybridized carbons (Fsp3) is 0.368. The van der Waals surface area contributed by atoms with E-state index in [4.69, 9.17) is 4.74 Å². The minimum atomic E-state index is -0.835. The Kier molecular flexibility index (Phi) is 4.88. The standard InChI is InChI=1S/C19H23NO2/c1-20-13-11-18(12-14-20)22-19(21)17-9-7-16(8-10-17)15-5-3-2-4-6-15/h2-10,18-19,21H,11-14H2,1H3. The van der Waals surface area contributed by atoms with E-state index in [0.717, 1.165) is 37.1 Å². The number of ether oxygens (including phenoxy) is 1. The van der Waals surface area contributed by atoms with Crippen LogP contribution in [0.4, 0.5) is 0 Å². The number of rotatable bonds is 4. The molecule has 1 aliphatic rings. The average molecular weight is 297 g/mol. The molecular formula is C19H23NO2. The van der Waals surface area contributed by atoms with Crippen molar-refractivity contribution >= 4 is 0 Å². The maximum atomic E-state index is 10.3. The van der Waals surface area contributed by atoms with Crippen LogP contribution in [0.5, 0.6) is 0 Å². The molecule has 1 fully saturated rings. The van der Waals surface area contributed by atoms with Crippen LogP contribution in [0.15, 0.2) is 54.6 Å². The second kappa shape index (κ2) is 7.05. The van der Waals surface area contributed by atoms with Gasteiger partial charge in [-0.25, -0.2) is 0 Å². The first-order valence-corrected chi connectivity index (χ1v) is 7.90. The SMILES string of the molecule is CN1CCC(OC(O)c2ccc(-c3ccccc3)cc2)CC1. The topological polar surface area (TPSA) is 32.7 Å². The summed E-state index contributed by atoms with van der Waals surface area (Å²) in [4.78, 5) is 2.29. The van der Waals surface area contributed by atoms with Crippen molar-refractivity contribution in [1.82, 2.24) is 4.90 Å². The van der Waals surface area contributed by atoms with Crippen LogP contribution in [0.25, 0.3) is 11.1 Å². The fourth-order valence-electron chi connectivity index (χ4n) is 2.85. The monoisotopic (exact) mass is 297 g/mol. The molecule has 0 saturated carbocycles. The number of likely N-dealkylation sites (tertiary alicyclic amines) is 1. The summed E-state index contributed by atoms with van der Waals surface area (Å²) in [7, 11) is 2.12. The van der Waals surface area contributed by atoms with Crippen molar-refractivity contribution in [3.63, 3.8) is 0 Å². The third kappa shape index (κ3) is 3.74. The van der Waals surface area contributed by atoms with Crippen molar-refractivity contribution in [2.24, 2.45) is 0 Å². The number of benzene rings is 2. The first-order valence-electron chi connectivity index (χ1n) is 7.90. The summed E-state index contributed by atoms with van der Waals surface area (Å²) in [5, 5.41) is 10.3. The Labute approximate surface area is 132 Å². The first-order chi connectivity index (χ1) is 10.7. The normalized spacial score (nSPS) is 18.3. The number of aliphatic hydroxyl groups excluding tert-OH is 1. The molecule has 1 aliphatic heterocycles. The summed E-state index contributed by atoms with van der Waals surface area (Å²) in [6, 6.07) is 18.2. The number of hydrogen-bond acceptors (Lipinski definition) is 3. The predicted octanol–water partition coefficient (Wildman–Crippen LogP) is 3.46. The van der Waals surface area contributed by atoms with Gasteiger partial charge in [0.25, 0.3) is 0 Å². The van der Waals surface area contributed by atoms with E-state index in [1.165, 1.54) is 5.56 Å². The lowest BCUT2D eigenvalue weighted by Crippen LogP contribution is -2.34. The van der Waals surface area contributed by atoms with E-state index in [-0.39, 0.29) is 6.10 Å². The molecule has 3 heteroatoms. The molecule has 1 saturated heterocycles. The Bertz CT molecular complexity index is 574. The van der Waals surface area contributed by atoms with E-state index in [1.807, 2.05) is 42.5 Å². The average Bonchev–Trinajstić information content (AvgIpc) is 2.58. The highest BCUT2D eigenvalue weighted by Gasteiger charge is 2.20. The third-order valence-corrected chi connectivity index (χ3v) is 4.29. The van der Waals surface area contributed by atoms with Crippen molar-refractivity contribution in [1.29, 1.82) is 0 Å². The van der Waals surface area contributed by atoms with E-state index >= 15 is 0 Å². The van der Waals surface area contributed by atoms with Gasteiger partial charge in [0.05, 0.1) is 6.10 Å². The van der Waals surface area contributed by atoms with E-state index < -0.39 is 6.29 Å². The van der Waals surface area contributed by atoms with Crippen molar-refractivity contribution < 1.29 is 9.84 Å². The van der Waals surface area contributed by atoms with Gasteiger partial charge in [-0.15, -0.1) is 0 Å². The van der Waals surface area contributed by atoms with Crippen LogP contribution < -0.4 is 0 Å². The molecule has 3 rings (SSSR count). The van der Waals surface area contributed by atoms with E-state index in [2.05, 4.69) is 24.1 Å². The molecule has 2 aromatic carbocycles. The molecule has 22 heavy (non-hydrogen) atoms. The van der Waals surface area contributed by atoms with E-state index in [0.29, 0.717) is 0 Å². The van der Waals surface area contributed by atoms with Crippen LogP contribution >= 0.6 is 0 Å². The Morgan fingerprint density at radius 2 is 1.55 bits per heavy atom. The van der Waals surface area contributed by atoms with Crippen molar-refractivity contribution in [2.45, 2.75) is 25.2 Å². The van der Waals surface area contributed by atoms with Crippen molar-refractivity contribution in [3.05, 3.63) is 60.2 Å². The molecule has 1 N–H and O–H groups in total. The van der Waals surface area contributed by atoms with Crippen LogP contribution in [-0.4, -0.2) is 36.2 Å².